The van der Waals surface area contributed by atoms with Crippen molar-refractivity contribution in [3.05, 3.63) is 83.6 Å². The minimum atomic E-state index is -5.16. The van der Waals surface area contributed by atoms with Crippen LogP contribution in [0.15, 0.2) is 103 Å². The van der Waals surface area contributed by atoms with Crippen LogP contribution in [-0.4, -0.2) is 92.7 Å². The van der Waals surface area contributed by atoms with Crippen molar-refractivity contribution in [1.29, 1.82) is 0 Å². The van der Waals surface area contributed by atoms with Crippen molar-refractivity contribution in [3.63, 3.8) is 0 Å². The number of hydrogen-bond donors (Lipinski definition) is 7. The van der Waals surface area contributed by atoms with Gasteiger partial charge < -0.3 is 15.7 Å². The van der Waals surface area contributed by atoms with Crippen LogP contribution in [0.5, 0.6) is 5.75 Å². The molecule has 0 aliphatic carbocycles. The number of hydrogen-bond acceptors (Lipinski definition) is 19. The van der Waals surface area contributed by atoms with Gasteiger partial charge in [0, 0.05) is 21.8 Å². The van der Waals surface area contributed by atoms with E-state index >= 15 is 0 Å². The van der Waals surface area contributed by atoms with Gasteiger partial charge in [0.15, 0.2) is 15.6 Å². The van der Waals surface area contributed by atoms with Crippen molar-refractivity contribution in [2.75, 3.05) is 23.0 Å². The molecule has 0 radical (unpaired) electrons. The van der Waals surface area contributed by atoms with Gasteiger partial charge in [0.05, 0.1) is 27.8 Å². The van der Waals surface area contributed by atoms with E-state index in [4.69, 9.17) is 16.2 Å². The van der Waals surface area contributed by atoms with E-state index in [2.05, 4.69) is 40.0 Å². The SMILES string of the molecule is Cc1cc2cc(S(=O)(=O)O)cc(Nc3nc(Cl)nc(Nc4cccc(S(=O)(=O)CCOS(=O)(=O)O)c4)n3)c2c(O)c1N=Nc1ccc2c(S(=O)(=O)O)cccc2c1S(=O)(=O)O. The average Bonchev–Trinajstić information content (AvgIpc) is 3.12. The first-order valence-corrected chi connectivity index (χ1v) is 24.0. The maximum Gasteiger partial charge on any atom is 0.397 e. The molecule has 23 nitrogen and oxygen atoms in total. The van der Waals surface area contributed by atoms with Gasteiger partial charge in [-0.1, -0.05) is 24.3 Å². The van der Waals surface area contributed by atoms with Crippen molar-refractivity contribution < 1.29 is 69.6 Å². The van der Waals surface area contributed by atoms with Crippen molar-refractivity contribution in [1.82, 2.24) is 15.0 Å². The number of azo groups is 1. The number of anilines is 4. The van der Waals surface area contributed by atoms with Crippen molar-refractivity contribution in [3.8, 4) is 5.75 Å². The van der Waals surface area contributed by atoms with Gasteiger partial charge in [0.25, 0.3) is 30.4 Å². The fourth-order valence-corrected chi connectivity index (χ4v) is 9.58. The van der Waals surface area contributed by atoms with Crippen LogP contribution >= 0.6 is 11.6 Å². The summed E-state index contributed by atoms with van der Waals surface area (Å²) in [4.78, 5) is 9.49. The van der Waals surface area contributed by atoms with E-state index in [0.29, 0.717) is 0 Å². The summed E-state index contributed by atoms with van der Waals surface area (Å²) in [6.07, 6.45) is 0. The Labute approximate surface area is 350 Å². The van der Waals surface area contributed by atoms with Gasteiger partial charge in [-0.2, -0.15) is 48.6 Å². The summed E-state index contributed by atoms with van der Waals surface area (Å²) in [5.74, 6) is -2.26. The maximum absolute atomic E-state index is 12.8. The number of nitrogens with zero attached hydrogens (tertiary/aromatic N) is 5. The summed E-state index contributed by atoms with van der Waals surface area (Å²) >= 11 is 6.15. The van der Waals surface area contributed by atoms with Gasteiger partial charge >= 0.3 is 10.4 Å². The Morgan fingerprint density at radius 1 is 0.705 bits per heavy atom. The summed E-state index contributed by atoms with van der Waals surface area (Å²) in [5.41, 5.74) is -0.988. The second kappa shape index (κ2) is 16.4. The first kappa shape index (κ1) is 45.0. The Hall–Kier alpha value is -5.53. The van der Waals surface area contributed by atoms with Crippen LogP contribution in [0.3, 0.4) is 0 Å². The molecule has 0 spiro atoms. The second-order valence-electron chi connectivity index (χ2n) is 12.4. The second-order valence-corrected chi connectivity index (χ2v) is 20.2. The number of benzene rings is 5. The lowest BCUT2D eigenvalue weighted by atomic mass is 10.0. The highest BCUT2D eigenvalue weighted by molar-refractivity contribution is 7.91. The molecule has 5 aromatic carbocycles. The summed E-state index contributed by atoms with van der Waals surface area (Å²) in [6, 6.07) is 13.5. The van der Waals surface area contributed by atoms with Gasteiger partial charge in [-0.15, -0.1) is 10.2 Å². The number of phenols is 1. The number of rotatable bonds is 14. The summed E-state index contributed by atoms with van der Waals surface area (Å²) in [7, 11) is -24.0. The van der Waals surface area contributed by atoms with Crippen LogP contribution in [0.2, 0.25) is 5.28 Å². The highest BCUT2D eigenvalue weighted by Gasteiger charge is 2.25. The molecule has 1 heterocycles. The minimum absolute atomic E-state index is 0.0211. The molecule has 61 heavy (non-hydrogen) atoms. The fraction of sp³-hybridized carbons (Fsp3) is 0.0938. The van der Waals surface area contributed by atoms with E-state index in [1.807, 2.05) is 0 Å². The standard InChI is InChI=1S/C32H26ClN7O16S5/c1-16-12-17-13-20(58(44,45)46)15-24(35-32-37-30(33)36-31(38-32)34-18-4-2-5-19(14-18)57(42,43)11-10-56-61(53,54)55)26(17)28(41)27(16)40-39-23-9-8-21-22(29(23)60(50,51)52)6-3-7-25(21)59(47,48)49/h2-9,12-15,41H,10-11H2,1H3,(H,44,45,46)(H,47,48,49)(H,50,51,52)(H,53,54,55)(H2,34,35,36,37,38). The highest BCUT2D eigenvalue weighted by Crippen LogP contribution is 2.45. The number of aryl methyl sites for hydroxylation is 1. The molecule has 6 rings (SSSR count). The molecule has 7 N–H and O–H groups in total. The van der Waals surface area contributed by atoms with E-state index in [9.17, 15) is 60.9 Å². The van der Waals surface area contributed by atoms with E-state index in [-0.39, 0.29) is 55.0 Å². The third-order valence-corrected chi connectivity index (χ3v) is 13.3. The lowest BCUT2D eigenvalue weighted by Gasteiger charge is -2.15. The van der Waals surface area contributed by atoms with E-state index in [1.54, 1.807) is 0 Å². The Morgan fingerprint density at radius 3 is 2.02 bits per heavy atom. The Morgan fingerprint density at radius 2 is 1.38 bits per heavy atom. The zero-order chi connectivity index (χ0) is 44.9. The van der Waals surface area contributed by atoms with Gasteiger partial charge in [0.1, 0.15) is 21.2 Å². The van der Waals surface area contributed by atoms with Crippen molar-refractivity contribution in [2.45, 2.75) is 26.5 Å². The Bertz CT molecular complexity index is 3410. The Kier molecular flexibility index (Phi) is 12.1. The topological polar surface area (TPSA) is 369 Å². The quantitative estimate of drug-likeness (QED) is 0.0552. The molecule has 0 saturated carbocycles. The number of halogens is 1. The third kappa shape index (κ3) is 10.3. The molecule has 0 amide bonds. The first-order valence-electron chi connectivity index (χ1n) is 16.3. The molecule has 29 heteroatoms. The highest BCUT2D eigenvalue weighted by atomic mass is 35.5. The number of sulfone groups is 1. The lowest BCUT2D eigenvalue weighted by molar-refractivity contribution is 0.284. The molecular formula is C32H26ClN7O16S5. The van der Waals surface area contributed by atoms with Gasteiger partial charge in [-0.3, -0.25) is 18.2 Å². The summed E-state index contributed by atoms with van der Waals surface area (Å²) in [6.45, 7) is 0.520. The van der Waals surface area contributed by atoms with Crippen LogP contribution < -0.4 is 10.6 Å². The van der Waals surface area contributed by atoms with Crippen molar-refractivity contribution in [2.24, 2.45) is 10.2 Å². The predicted octanol–water partition coefficient (Wildman–Crippen LogP) is 5.08. The fourth-order valence-electron chi connectivity index (χ4n) is 5.81. The monoisotopic (exact) mass is 959 g/mol. The van der Waals surface area contributed by atoms with Gasteiger partial charge in [-0.05, 0) is 78.0 Å². The van der Waals surface area contributed by atoms with E-state index < -0.39 is 100 Å². The number of fused-ring (bicyclic) bond motifs is 2. The molecule has 1 aromatic heterocycles. The molecule has 0 saturated heterocycles. The normalized spacial score (nSPS) is 13.0. The first-order chi connectivity index (χ1) is 28.2. The third-order valence-electron chi connectivity index (χ3n) is 8.28. The molecular weight excluding hydrogens is 934 g/mol. The summed E-state index contributed by atoms with van der Waals surface area (Å²) < 4.78 is 163. The smallest absolute Gasteiger partial charge is 0.397 e. The Balaban J connectivity index is 1.41. The minimum Gasteiger partial charge on any atom is -0.505 e. The number of aromatic nitrogens is 3. The molecule has 0 fully saturated rings. The predicted molar refractivity (Wildman–Crippen MR) is 215 cm³/mol. The molecule has 0 aliphatic heterocycles. The van der Waals surface area contributed by atoms with E-state index in [1.165, 1.54) is 31.2 Å². The maximum atomic E-state index is 12.8. The summed E-state index contributed by atoms with van der Waals surface area (Å²) in [5, 5.41) is 23.6. The van der Waals surface area contributed by atoms with Crippen LogP contribution in [0.1, 0.15) is 5.56 Å². The molecule has 0 atom stereocenters. The van der Waals surface area contributed by atoms with Crippen LogP contribution in [0.25, 0.3) is 21.5 Å². The van der Waals surface area contributed by atoms with E-state index in [0.717, 1.165) is 48.5 Å². The van der Waals surface area contributed by atoms with Gasteiger partial charge in [0.2, 0.25) is 17.2 Å². The van der Waals surface area contributed by atoms with Crippen LogP contribution in [0, 0.1) is 6.92 Å². The zero-order valence-electron chi connectivity index (χ0n) is 30.2. The number of nitrogens with one attached hydrogen (secondary N) is 2. The molecule has 0 aliphatic rings. The largest absolute Gasteiger partial charge is 0.505 e. The number of aromatic hydroxyl groups is 1. The lowest BCUT2D eigenvalue weighted by Crippen LogP contribution is -2.15. The van der Waals surface area contributed by atoms with Crippen LogP contribution in [-0.2, 0) is 54.8 Å². The molecule has 0 unspecified atom stereocenters. The van der Waals surface area contributed by atoms with Gasteiger partial charge in [-0.25, -0.2) is 12.6 Å². The molecule has 0 bridgehead atoms. The molecule has 322 valence electrons. The average molecular weight is 960 g/mol. The zero-order valence-corrected chi connectivity index (χ0v) is 35.1. The van der Waals surface area contributed by atoms with Crippen LogP contribution in [0.4, 0.5) is 34.6 Å². The van der Waals surface area contributed by atoms with Crippen molar-refractivity contribution >= 4 is 118 Å². The number of phenolic OH excluding ortho intramolecular Hbond substituents is 1. The molecule has 6 aromatic rings.